The third-order valence-electron chi connectivity index (χ3n) is 4.51. The number of fused-ring (bicyclic) bond motifs is 1. The van der Waals surface area contributed by atoms with Crippen LogP contribution < -0.4 is 5.32 Å². The number of likely N-dealkylation sites (N-methyl/N-ethyl adjacent to an activating group) is 1. The number of esters is 1. The number of ether oxygens (including phenoxy) is 1. The highest BCUT2D eigenvalue weighted by Crippen LogP contribution is 2.28. The van der Waals surface area contributed by atoms with Crippen LogP contribution in [0.2, 0.25) is 0 Å². The Kier molecular flexibility index (Phi) is 4.63. The van der Waals surface area contributed by atoms with E-state index >= 15 is 0 Å². The van der Waals surface area contributed by atoms with Gasteiger partial charge in [0.05, 0.1) is 17.9 Å². The summed E-state index contributed by atoms with van der Waals surface area (Å²) < 4.78 is 10.9. The summed E-state index contributed by atoms with van der Waals surface area (Å²) in [6.07, 6.45) is 1.96. The number of nitrogens with one attached hydrogen (secondary N) is 1. The van der Waals surface area contributed by atoms with Crippen molar-refractivity contribution < 1.29 is 18.7 Å². The van der Waals surface area contributed by atoms with E-state index in [-0.39, 0.29) is 11.9 Å². The van der Waals surface area contributed by atoms with Crippen molar-refractivity contribution >= 4 is 11.9 Å². The molecule has 0 saturated carbocycles. The van der Waals surface area contributed by atoms with E-state index in [1.165, 1.54) is 0 Å². The van der Waals surface area contributed by atoms with E-state index in [4.69, 9.17) is 9.15 Å². The summed E-state index contributed by atoms with van der Waals surface area (Å²) in [5, 5.41) is 2.90. The molecule has 3 rings (SSSR count). The summed E-state index contributed by atoms with van der Waals surface area (Å²) in [5.41, 5.74) is 0.131. The molecular formula is C19H22N2O4. The van der Waals surface area contributed by atoms with Crippen molar-refractivity contribution in [1.29, 1.82) is 0 Å². The lowest BCUT2D eigenvalue weighted by Crippen LogP contribution is -2.52. The van der Waals surface area contributed by atoms with Gasteiger partial charge in [-0.25, -0.2) is 4.79 Å². The molecule has 0 fully saturated rings. The van der Waals surface area contributed by atoms with Crippen LogP contribution >= 0.6 is 0 Å². The van der Waals surface area contributed by atoms with Gasteiger partial charge < -0.3 is 14.5 Å². The quantitative estimate of drug-likeness (QED) is 0.843. The fraction of sp³-hybridized carbons (Fsp3) is 0.368. The Balaban J connectivity index is 1.72. The molecule has 132 valence electrons. The molecule has 1 aromatic carbocycles. The minimum atomic E-state index is -1.22. The molecule has 1 amide bonds. The lowest BCUT2D eigenvalue weighted by Gasteiger charge is -2.33. The average Bonchev–Trinajstić information content (AvgIpc) is 3.08. The SMILES string of the molecule is CN(C)C(CNC(=O)C1(C)Cc2ccccc2C(=O)O1)c1ccco1. The summed E-state index contributed by atoms with van der Waals surface area (Å²) in [7, 11) is 3.83. The van der Waals surface area contributed by atoms with Crippen molar-refractivity contribution in [3.05, 3.63) is 59.5 Å². The topological polar surface area (TPSA) is 71.8 Å². The third kappa shape index (κ3) is 3.44. The molecule has 0 radical (unpaired) electrons. The second kappa shape index (κ2) is 6.72. The zero-order chi connectivity index (χ0) is 18.0. The van der Waals surface area contributed by atoms with Gasteiger partial charge in [0, 0.05) is 13.0 Å². The molecule has 0 spiro atoms. The van der Waals surface area contributed by atoms with Crippen molar-refractivity contribution in [2.75, 3.05) is 20.6 Å². The van der Waals surface area contributed by atoms with Crippen LogP contribution in [0.15, 0.2) is 47.1 Å². The van der Waals surface area contributed by atoms with Gasteiger partial charge in [0.15, 0.2) is 5.60 Å². The number of hydrogen-bond acceptors (Lipinski definition) is 5. The smallest absolute Gasteiger partial charge is 0.339 e. The molecule has 1 aliphatic rings. The number of cyclic esters (lactones) is 1. The van der Waals surface area contributed by atoms with Crippen molar-refractivity contribution in [1.82, 2.24) is 10.2 Å². The van der Waals surface area contributed by atoms with Crippen LogP contribution in [-0.2, 0) is 16.0 Å². The van der Waals surface area contributed by atoms with Crippen LogP contribution in [0.1, 0.15) is 34.6 Å². The number of benzene rings is 1. The van der Waals surface area contributed by atoms with Gasteiger partial charge in [-0.3, -0.25) is 9.69 Å². The Morgan fingerprint density at radius 3 is 2.72 bits per heavy atom. The first-order valence-corrected chi connectivity index (χ1v) is 8.20. The van der Waals surface area contributed by atoms with E-state index in [9.17, 15) is 9.59 Å². The standard InChI is InChI=1S/C19H22N2O4/c1-19(11-13-7-4-5-8-14(13)17(22)25-19)18(23)20-12-15(21(2)3)16-9-6-10-24-16/h4-10,15H,11-12H2,1-3H3,(H,20,23). The predicted octanol–water partition coefficient (Wildman–Crippen LogP) is 2.17. The second-order valence-corrected chi connectivity index (χ2v) is 6.66. The highest BCUT2D eigenvalue weighted by atomic mass is 16.6. The van der Waals surface area contributed by atoms with Crippen LogP contribution in [0.4, 0.5) is 0 Å². The fourth-order valence-electron chi connectivity index (χ4n) is 3.05. The van der Waals surface area contributed by atoms with E-state index < -0.39 is 11.6 Å². The Labute approximate surface area is 146 Å². The molecular weight excluding hydrogens is 320 g/mol. The summed E-state index contributed by atoms with van der Waals surface area (Å²) >= 11 is 0. The second-order valence-electron chi connectivity index (χ2n) is 6.66. The van der Waals surface area contributed by atoms with Gasteiger partial charge in [-0.2, -0.15) is 0 Å². The first-order chi connectivity index (χ1) is 11.9. The Bertz CT molecular complexity index is 769. The largest absolute Gasteiger partial charge is 0.468 e. The molecule has 2 heterocycles. The third-order valence-corrected chi connectivity index (χ3v) is 4.51. The molecule has 6 nitrogen and oxygen atoms in total. The van der Waals surface area contributed by atoms with Gasteiger partial charge in [-0.05, 0) is 44.8 Å². The summed E-state index contributed by atoms with van der Waals surface area (Å²) in [6.45, 7) is 2.00. The number of rotatable bonds is 5. The predicted molar refractivity (Wildman–Crippen MR) is 92.1 cm³/mol. The number of carbonyl (C=O) groups excluding carboxylic acids is 2. The van der Waals surface area contributed by atoms with Crippen LogP contribution in [-0.4, -0.2) is 43.0 Å². The summed E-state index contributed by atoms with van der Waals surface area (Å²) in [4.78, 5) is 26.9. The lowest BCUT2D eigenvalue weighted by atomic mass is 9.89. The average molecular weight is 342 g/mol. The van der Waals surface area contributed by atoms with Crippen molar-refractivity contribution in [2.24, 2.45) is 0 Å². The van der Waals surface area contributed by atoms with Crippen LogP contribution in [0.3, 0.4) is 0 Å². The molecule has 2 atom stereocenters. The van der Waals surface area contributed by atoms with Gasteiger partial charge in [-0.1, -0.05) is 18.2 Å². The number of carbonyl (C=O) groups is 2. The molecule has 0 bridgehead atoms. The number of amides is 1. The van der Waals surface area contributed by atoms with Crippen LogP contribution in [0.5, 0.6) is 0 Å². The minimum Gasteiger partial charge on any atom is -0.468 e. The molecule has 1 aliphatic heterocycles. The minimum absolute atomic E-state index is 0.103. The van der Waals surface area contributed by atoms with Crippen molar-refractivity contribution in [3.63, 3.8) is 0 Å². The lowest BCUT2D eigenvalue weighted by molar-refractivity contribution is -0.140. The number of furan rings is 1. The summed E-state index contributed by atoms with van der Waals surface area (Å²) in [6, 6.07) is 10.8. The van der Waals surface area contributed by atoms with Gasteiger partial charge in [0.1, 0.15) is 5.76 Å². The van der Waals surface area contributed by atoms with Crippen molar-refractivity contribution in [3.8, 4) is 0 Å². The molecule has 2 unspecified atom stereocenters. The van der Waals surface area contributed by atoms with Gasteiger partial charge in [-0.15, -0.1) is 0 Å². The van der Waals surface area contributed by atoms with E-state index in [1.807, 2.05) is 43.3 Å². The zero-order valence-electron chi connectivity index (χ0n) is 14.6. The molecule has 0 aliphatic carbocycles. The maximum atomic E-state index is 12.7. The van der Waals surface area contributed by atoms with E-state index in [2.05, 4.69) is 5.32 Å². The van der Waals surface area contributed by atoms with Gasteiger partial charge in [0.25, 0.3) is 5.91 Å². The number of nitrogens with zero attached hydrogens (tertiary/aromatic N) is 1. The normalized spacial score (nSPS) is 20.7. The Morgan fingerprint density at radius 1 is 1.28 bits per heavy atom. The molecule has 25 heavy (non-hydrogen) atoms. The monoisotopic (exact) mass is 342 g/mol. The summed E-state index contributed by atoms with van der Waals surface area (Å²) in [5.74, 6) is -0.00936. The van der Waals surface area contributed by atoms with E-state index in [0.29, 0.717) is 18.5 Å². The molecule has 2 aromatic rings. The first kappa shape index (κ1) is 17.2. The van der Waals surface area contributed by atoms with E-state index in [0.717, 1.165) is 11.3 Å². The fourth-order valence-corrected chi connectivity index (χ4v) is 3.05. The highest BCUT2D eigenvalue weighted by molar-refractivity contribution is 5.97. The molecule has 0 saturated heterocycles. The molecule has 6 heteroatoms. The Hall–Kier alpha value is -2.60. The highest BCUT2D eigenvalue weighted by Gasteiger charge is 2.42. The van der Waals surface area contributed by atoms with E-state index in [1.54, 1.807) is 25.3 Å². The van der Waals surface area contributed by atoms with Crippen molar-refractivity contribution in [2.45, 2.75) is 25.0 Å². The van der Waals surface area contributed by atoms with Crippen LogP contribution in [0, 0.1) is 0 Å². The first-order valence-electron chi connectivity index (χ1n) is 8.20. The molecule has 1 N–H and O–H groups in total. The van der Waals surface area contributed by atoms with Crippen LogP contribution in [0.25, 0.3) is 0 Å². The zero-order valence-corrected chi connectivity index (χ0v) is 14.6. The molecule has 1 aromatic heterocycles. The van der Waals surface area contributed by atoms with Gasteiger partial charge in [0.2, 0.25) is 0 Å². The van der Waals surface area contributed by atoms with Gasteiger partial charge >= 0.3 is 5.97 Å². The maximum absolute atomic E-state index is 12.7. The Morgan fingerprint density at radius 2 is 2.04 bits per heavy atom. The maximum Gasteiger partial charge on any atom is 0.339 e. The number of hydrogen-bond donors (Lipinski definition) is 1.